The molecule has 8 aromatic heterocycles. The molecule has 0 aliphatic rings. The van der Waals surface area contributed by atoms with Crippen LogP contribution in [0.4, 0.5) is 46.3 Å². The summed E-state index contributed by atoms with van der Waals surface area (Å²) in [4.78, 5) is 99.9. The first kappa shape index (κ1) is 55.0. The Morgan fingerprint density at radius 3 is 0.783 bits per heavy atom. The van der Waals surface area contributed by atoms with E-state index in [2.05, 4.69) is 46.0 Å². The molecule has 4 amide bonds. The van der Waals surface area contributed by atoms with Crippen molar-refractivity contribution in [2.45, 2.75) is 157 Å². The highest BCUT2D eigenvalue weighted by Crippen LogP contribution is 2.36. The number of sulfonamides is 4. The first-order chi connectivity index (χ1) is 69.9. The molecule has 0 bridgehead atoms. The zero-order chi connectivity index (χ0) is 117. The van der Waals surface area contributed by atoms with Crippen LogP contribution in [0.1, 0.15) is 244 Å². The average molecular weight is 1820 g/mol. The zero-order valence-corrected chi connectivity index (χ0v) is 69.7. The number of nitrogens with zero attached hydrogens (tertiary/aromatic N) is 4. The molecule has 0 spiro atoms. The topological polar surface area (TPSA) is 473 Å². The van der Waals surface area contributed by atoms with Gasteiger partial charge in [-0.25, -0.2) is 52.6 Å². The molecule has 632 valence electrons. The first-order valence-corrected chi connectivity index (χ1v) is 42.5. The van der Waals surface area contributed by atoms with Gasteiger partial charge in [-0.1, -0.05) is 44.8 Å². The summed E-state index contributed by atoms with van der Waals surface area (Å²) in [6.45, 7) is -16.5. The minimum atomic E-state index is -4.79. The number of aryl methyl sites for hydroxylation is 8. The first-order valence-electron chi connectivity index (χ1n) is 50.1. The van der Waals surface area contributed by atoms with Crippen molar-refractivity contribution in [3.8, 4) is 0 Å². The van der Waals surface area contributed by atoms with E-state index in [0.717, 1.165) is 46.3 Å². The molecule has 0 aliphatic carbocycles. The van der Waals surface area contributed by atoms with Crippen molar-refractivity contribution in [2.75, 3.05) is 40.2 Å². The molecule has 40 heteroatoms. The number of thiophene rings is 4. The Morgan fingerprint density at radius 2 is 0.558 bits per heavy atom. The second-order valence-electron chi connectivity index (χ2n) is 24.8. The third-order valence-corrected chi connectivity index (χ3v) is 26.0. The van der Waals surface area contributed by atoms with Gasteiger partial charge >= 0.3 is 0 Å². The summed E-state index contributed by atoms with van der Waals surface area (Å²) in [5, 5.41) is 28.2. The maximum Gasteiger partial charge on any atom is 0.267 e. The fraction of sp³-hybridized carbons (Fsp3) is 0.250. The number of hydrogen-bond donors (Lipinski definition) is 8. The van der Waals surface area contributed by atoms with Gasteiger partial charge in [-0.15, -0.1) is 45.3 Å². The lowest BCUT2D eigenvalue weighted by Gasteiger charge is -2.14. The van der Waals surface area contributed by atoms with E-state index in [0.29, 0.717) is 68.4 Å². The molecule has 0 aliphatic heterocycles. The van der Waals surface area contributed by atoms with E-state index in [1.807, 2.05) is 14.8 Å². The van der Waals surface area contributed by atoms with Gasteiger partial charge in [-0.05, 0) is 252 Å². The van der Waals surface area contributed by atoms with E-state index >= 15 is 0 Å². The molecule has 4 aromatic carbocycles. The molecule has 12 rings (SSSR count). The summed E-state index contributed by atoms with van der Waals surface area (Å²) in [5.41, 5.74) is -7.71. The Labute approximate surface area is 755 Å². The van der Waals surface area contributed by atoms with Gasteiger partial charge < -0.3 is 39.4 Å². The Bertz CT molecular complexity index is 8070. The zero-order valence-electron chi connectivity index (χ0n) is 97.1. The number of hydrogen-bond acceptors (Lipinski definition) is 28. The Kier molecular flexibility index (Phi) is 17.0. The molecule has 8 N–H and O–H groups in total. The fourth-order valence-corrected chi connectivity index (χ4v) is 19.6. The van der Waals surface area contributed by atoms with Gasteiger partial charge in [0, 0.05) is 85.6 Å². The van der Waals surface area contributed by atoms with Crippen molar-refractivity contribution in [1.29, 1.82) is 0 Å². The number of Topliss-reactive ketones (excluding diaryl/α,β-unsaturated/α-hetero) is 4. The van der Waals surface area contributed by atoms with Crippen molar-refractivity contribution in [3.63, 3.8) is 0 Å². The van der Waals surface area contributed by atoms with Crippen LogP contribution in [-0.4, -0.2) is 101 Å². The number of benzene rings is 4. The van der Waals surface area contributed by atoms with Crippen molar-refractivity contribution >= 4 is 178 Å². The summed E-state index contributed by atoms with van der Waals surface area (Å²) in [7, 11) is -18.1. The standard InChI is InChI=1S/4C20H21N3O5S2/c4*1-10-8-11(2)17(15(9-10)14(5)24)21-19(25)18-16(6-7-29-18)30(26,27)23-20-12(3)13(4)22-28-20/h4*6-9,23H,1-5H3,(H,21,25)/i1D3,2D3,3D3,5D3,8D;1D3,2D3,5D3,8D;3D3,5D3,8D;5D3,8D. The van der Waals surface area contributed by atoms with E-state index in [4.69, 9.17) is 64.7 Å². The number of carbonyl (C=O) groups excluding carboxylic acids is 8. The Morgan fingerprint density at radius 1 is 0.325 bits per heavy atom. The molecular formula is C80H84N12O20S8. The molecule has 0 saturated carbocycles. The smallest absolute Gasteiger partial charge is 0.267 e. The highest BCUT2D eigenvalue weighted by atomic mass is 32.2. The minimum absolute atomic E-state index is 0.00856. The number of amides is 4. The van der Waals surface area contributed by atoms with Crippen molar-refractivity contribution < 1.29 is 137 Å². The van der Waals surface area contributed by atoms with E-state index < -0.39 is 260 Å². The van der Waals surface area contributed by atoms with Crippen LogP contribution in [0.15, 0.2) is 132 Å². The molecule has 0 unspecified atom stereocenters. The van der Waals surface area contributed by atoms with Crippen molar-refractivity contribution in [1.82, 2.24) is 20.6 Å². The lowest BCUT2D eigenvalue weighted by molar-refractivity contribution is 0.100. The van der Waals surface area contributed by atoms with E-state index in [1.165, 1.54) is 75.9 Å². The highest BCUT2D eigenvalue weighted by Gasteiger charge is 2.33. The number of nitrogens with one attached hydrogen (secondary N) is 8. The van der Waals surface area contributed by atoms with Crippen molar-refractivity contribution in [2.24, 2.45) is 0 Å². The predicted octanol–water partition coefficient (Wildman–Crippen LogP) is 16.9. The SMILES string of the molecule is [2H]c1c(C([2H])([2H])[2H])cc(C(=O)C([2H])([2H])[2H])c(NC(=O)c2sccc2S(=O)(=O)Nc2onc(C)c2C([2H])([2H])[2H])c1C([2H])([2H])[2H].[2H]c1c(C([2H])([2H])[2H])cc(C(=O)C([2H])([2H])[2H])c(NC(=O)c2sccc2S(=O)(=O)Nc2onc(C)c2C)c1C([2H])([2H])[2H].[2H]c1c(C)cc(C(=O)C([2H])([2H])[2H])c(NC(=O)c2sccc2S(=O)(=O)Nc2onc(C)c2C([2H])([2H])[2H])c1C.[2H]c1c(C)cc(C(=O)C([2H])([2H])[2H])c(NC(=O)c2sccc2S(=O)(=O)Nc2onc(C)c2C)c1C. The molecule has 8 heterocycles. The van der Waals surface area contributed by atoms with Crippen LogP contribution >= 0.6 is 45.3 Å². The highest BCUT2D eigenvalue weighted by molar-refractivity contribution is 7.94. The quantitative estimate of drug-likeness (QED) is 0.0260. The molecule has 12 aromatic rings. The lowest BCUT2D eigenvalue weighted by Crippen LogP contribution is -2.20. The summed E-state index contributed by atoms with van der Waals surface area (Å²) >= 11 is 2.70. The Balaban J connectivity index is 0.000000228. The van der Waals surface area contributed by atoms with Gasteiger partial charge in [0.05, 0.1) is 51.0 Å². The number of ketones is 4. The van der Waals surface area contributed by atoms with Gasteiger partial charge in [-0.3, -0.25) is 38.4 Å². The third-order valence-electron chi connectivity index (χ3n) is 16.3. The molecule has 0 fully saturated rings. The maximum absolute atomic E-state index is 13.4. The summed E-state index contributed by atoms with van der Waals surface area (Å²) in [6.07, 6.45) is 0. The van der Waals surface area contributed by atoms with E-state index in [1.54, 1.807) is 27.7 Å². The number of aromatic nitrogens is 4. The summed E-state index contributed by atoms with van der Waals surface area (Å²) < 4.78 is 394. The fourth-order valence-electron chi connectivity index (χ4n) is 10.2. The Hall–Kier alpha value is -11.9. The molecule has 32 nitrogen and oxygen atoms in total. The van der Waals surface area contributed by atoms with Gasteiger partial charge in [0.25, 0.3) is 63.7 Å². The van der Waals surface area contributed by atoms with Crippen LogP contribution in [0.2, 0.25) is 0 Å². The van der Waals surface area contributed by atoms with Gasteiger partial charge in [0.2, 0.25) is 23.5 Å². The summed E-state index contributed by atoms with van der Waals surface area (Å²) in [5.74, 6) is -12.1. The van der Waals surface area contributed by atoms with E-state index in [-0.39, 0.29) is 83.5 Å². The lowest BCUT2D eigenvalue weighted by atomic mass is 10.0. The third kappa shape index (κ3) is 21.0. The van der Waals surface area contributed by atoms with Crippen LogP contribution in [-0.2, 0) is 40.1 Å². The largest absolute Gasteiger partial charge is 0.337 e. The van der Waals surface area contributed by atoms with Crippen LogP contribution in [0.25, 0.3) is 0 Å². The van der Waals surface area contributed by atoms with Crippen LogP contribution in [0, 0.1) is 110 Å². The number of anilines is 8. The molecule has 0 saturated heterocycles. The van der Waals surface area contributed by atoms with E-state index in [9.17, 15) is 72.0 Å². The average Bonchev–Trinajstić information content (AvgIpc) is 0.965. The van der Waals surface area contributed by atoms with Crippen LogP contribution in [0.5, 0.6) is 0 Å². The van der Waals surface area contributed by atoms with Gasteiger partial charge in [0.1, 0.15) is 39.1 Å². The van der Waals surface area contributed by atoms with Gasteiger partial charge in [-0.2, -0.15) is 0 Å². The van der Waals surface area contributed by atoms with Gasteiger partial charge in [0.15, 0.2) is 23.1 Å². The summed E-state index contributed by atoms with van der Waals surface area (Å²) in [6, 6.07) is 5.50. The van der Waals surface area contributed by atoms with Crippen LogP contribution < -0.4 is 40.2 Å². The van der Waals surface area contributed by atoms with Crippen LogP contribution in [0.3, 0.4) is 0 Å². The molecular weight excluding hydrogens is 1710 g/mol. The number of carbonyl (C=O) groups is 8. The molecule has 120 heavy (non-hydrogen) atoms. The monoisotopic (exact) mass is 1820 g/mol. The minimum Gasteiger partial charge on any atom is -0.337 e. The maximum atomic E-state index is 13.4. The number of rotatable bonds is 24. The van der Waals surface area contributed by atoms with Crippen molar-refractivity contribution in [3.05, 3.63) is 226 Å². The second kappa shape index (κ2) is 37.2. The second-order valence-corrected chi connectivity index (χ2v) is 35.1. The predicted molar refractivity (Wildman–Crippen MR) is 460 cm³/mol. The molecule has 0 radical (unpaired) electrons. The molecule has 0 atom stereocenters. The normalized spacial score (nSPS) is 16.6.